The molecule has 3 aliphatic rings. The van der Waals surface area contributed by atoms with Crippen LogP contribution in [0, 0.1) is 35.5 Å². The average molecular weight is 509 g/mol. The van der Waals surface area contributed by atoms with Crippen molar-refractivity contribution in [2.75, 3.05) is 6.79 Å². The minimum atomic E-state index is -3.94. The zero-order valence-electron chi connectivity index (χ0n) is 22.3. The van der Waals surface area contributed by atoms with Crippen molar-refractivity contribution in [3.8, 4) is 11.5 Å². The highest BCUT2D eigenvalue weighted by Gasteiger charge is 2.46. The van der Waals surface area contributed by atoms with Crippen LogP contribution in [0.5, 0.6) is 11.5 Å². The molecule has 1 aliphatic heterocycles. The van der Waals surface area contributed by atoms with Gasteiger partial charge >= 0.3 is 7.60 Å². The van der Waals surface area contributed by atoms with E-state index in [2.05, 4.69) is 41.5 Å². The van der Waals surface area contributed by atoms with E-state index in [1.54, 1.807) is 18.2 Å². The van der Waals surface area contributed by atoms with Gasteiger partial charge in [0, 0.05) is 0 Å². The van der Waals surface area contributed by atoms with E-state index in [-0.39, 0.29) is 19.0 Å². The summed E-state index contributed by atoms with van der Waals surface area (Å²) in [6.07, 6.45) is 5.63. The summed E-state index contributed by atoms with van der Waals surface area (Å²) in [4.78, 5) is 0. The van der Waals surface area contributed by atoms with Gasteiger partial charge in [0.2, 0.25) is 6.79 Å². The first-order valence-corrected chi connectivity index (χ1v) is 15.2. The lowest BCUT2D eigenvalue weighted by atomic mass is 9.75. The molecule has 35 heavy (non-hydrogen) atoms. The summed E-state index contributed by atoms with van der Waals surface area (Å²) in [6.45, 7) is 13.4. The maximum absolute atomic E-state index is 14.7. The Hall–Kier alpha value is -1.07. The Labute approximate surface area is 211 Å². The van der Waals surface area contributed by atoms with E-state index in [0.717, 1.165) is 38.5 Å². The van der Waals surface area contributed by atoms with Crippen molar-refractivity contribution in [2.24, 2.45) is 35.5 Å². The molecule has 0 aromatic heterocycles. The number of benzene rings is 1. The minimum Gasteiger partial charge on any atom is -0.454 e. The maximum atomic E-state index is 14.7. The molecule has 2 fully saturated rings. The van der Waals surface area contributed by atoms with Crippen LogP contribution in [-0.2, 0) is 13.6 Å². The lowest BCUT2D eigenvalue weighted by molar-refractivity contribution is -0.0154. The molecule has 1 N–H and O–H groups in total. The highest BCUT2D eigenvalue weighted by molar-refractivity contribution is 7.54. The second-order valence-corrected chi connectivity index (χ2v) is 14.0. The maximum Gasteiger partial charge on any atom is 0.363 e. The van der Waals surface area contributed by atoms with Gasteiger partial charge in [-0.2, -0.15) is 0 Å². The molecule has 0 amide bonds. The van der Waals surface area contributed by atoms with E-state index < -0.39 is 13.4 Å². The topological polar surface area (TPSA) is 74.2 Å². The molecule has 0 spiro atoms. The van der Waals surface area contributed by atoms with E-state index in [4.69, 9.17) is 18.5 Å². The highest BCUT2D eigenvalue weighted by atomic mass is 31.2. The number of aliphatic hydroxyl groups is 1. The Morgan fingerprint density at radius 3 is 1.89 bits per heavy atom. The second kappa shape index (κ2) is 11.1. The summed E-state index contributed by atoms with van der Waals surface area (Å²) in [7, 11) is -3.94. The van der Waals surface area contributed by atoms with Crippen LogP contribution in [0.3, 0.4) is 0 Å². The highest BCUT2D eigenvalue weighted by Crippen LogP contribution is 2.64. The fraction of sp³-hybridized carbons (Fsp3) is 0.786. The minimum absolute atomic E-state index is 0.144. The molecule has 4 rings (SSSR count). The molecule has 6 nitrogen and oxygen atoms in total. The van der Waals surface area contributed by atoms with Crippen LogP contribution < -0.4 is 9.47 Å². The van der Waals surface area contributed by atoms with Crippen LogP contribution in [0.2, 0.25) is 0 Å². The van der Waals surface area contributed by atoms with Crippen molar-refractivity contribution in [1.82, 2.24) is 0 Å². The molecule has 1 aromatic rings. The lowest BCUT2D eigenvalue weighted by Crippen LogP contribution is -2.37. The van der Waals surface area contributed by atoms with Crippen molar-refractivity contribution in [2.45, 2.75) is 98.1 Å². The van der Waals surface area contributed by atoms with Crippen LogP contribution in [0.25, 0.3) is 0 Å². The number of ether oxygens (including phenoxy) is 2. The third-order valence-electron chi connectivity index (χ3n) is 8.48. The number of hydrogen-bond acceptors (Lipinski definition) is 6. The summed E-state index contributed by atoms with van der Waals surface area (Å²) >= 11 is 0. The third kappa shape index (κ3) is 6.09. The van der Waals surface area contributed by atoms with Crippen molar-refractivity contribution >= 4 is 7.60 Å². The molecule has 1 aromatic carbocycles. The van der Waals surface area contributed by atoms with Gasteiger partial charge in [0.05, 0.1) is 12.2 Å². The fourth-order valence-electron chi connectivity index (χ4n) is 6.25. The first kappa shape index (κ1) is 27.0. The van der Waals surface area contributed by atoms with Gasteiger partial charge in [-0.15, -0.1) is 0 Å². The largest absolute Gasteiger partial charge is 0.454 e. The van der Waals surface area contributed by atoms with Crippen LogP contribution >= 0.6 is 7.60 Å². The van der Waals surface area contributed by atoms with Gasteiger partial charge in [0.15, 0.2) is 17.3 Å². The molecule has 0 radical (unpaired) electrons. The monoisotopic (exact) mass is 508 g/mol. The molecular weight excluding hydrogens is 463 g/mol. The van der Waals surface area contributed by atoms with Gasteiger partial charge in [-0.3, -0.25) is 4.57 Å². The van der Waals surface area contributed by atoms with Crippen molar-refractivity contribution in [3.05, 3.63) is 23.8 Å². The van der Waals surface area contributed by atoms with Gasteiger partial charge in [-0.1, -0.05) is 60.5 Å². The molecular formula is C28H45O6P. The zero-order valence-corrected chi connectivity index (χ0v) is 23.2. The number of fused-ring (bicyclic) bond motifs is 1. The number of rotatable bonds is 8. The molecule has 8 atom stereocenters. The standard InChI is InChI=1S/C28H45O6P/c1-17(2)22-10-7-19(5)13-25(22)33-35(30,34-26-14-20(6)8-11-23(26)18(3)4)28(29)21-9-12-24-27(15-21)32-16-31-24/h9,12,15,17-20,22-23,25-26,28-29H,7-8,10-11,13-14,16H2,1-6H3/t19-,20+,22-,23+,25-,26-,28+,35?/m1/s1. The van der Waals surface area contributed by atoms with Crippen LogP contribution in [0.4, 0.5) is 0 Å². The molecule has 0 bridgehead atoms. The Morgan fingerprint density at radius 1 is 0.857 bits per heavy atom. The van der Waals surface area contributed by atoms with Crippen LogP contribution in [0.1, 0.15) is 91.5 Å². The lowest BCUT2D eigenvalue weighted by Gasteiger charge is -2.42. The van der Waals surface area contributed by atoms with Gasteiger partial charge < -0.3 is 23.6 Å². The molecule has 1 unspecified atom stereocenters. The first-order valence-electron chi connectivity index (χ1n) is 13.6. The normalized spacial score (nSPS) is 33.6. The fourth-order valence-corrected chi connectivity index (χ4v) is 8.29. The smallest absolute Gasteiger partial charge is 0.363 e. The van der Waals surface area contributed by atoms with Crippen LogP contribution in [-0.4, -0.2) is 24.1 Å². The van der Waals surface area contributed by atoms with E-state index in [1.807, 2.05) is 0 Å². The van der Waals surface area contributed by atoms with E-state index in [1.165, 1.54) is 0 Å². The van der Waals surface area contributed by atoms with Crippen molar-refractivity contribution in [1.29, 1.82) is 0 Å². The second-order valence-electron chi connectivity index (χ2n) is 12.0. The molecule has 198 valence electrons. The van der Waals surface area contributed by atoms with Crippen molar-refractivity contribution in [3.63, 3.8) is 0 Å². The quantitative estimate of drug-likeness (QED) is 0.365. The van der Waals surface area contributed by atoms with Crippen molar-refractivity contribution < 1.29 is 28.2 Å². The number of hydrogen-bond donors (Lipinski definition) is 1. The van der Waals surface area contributed by atoms with Gasteiger partial charge in [-0.25, -0.2) is 0 Å². The van der Waals surface area contributed by atoms with Gasteiger partial charge in [-0.05, 0) is 78.9 Å². The molecule has 7 heteroatoms. The Bertz CT molecular complexity index is 863. The van der Waals surface area contributed by atoms with Gasteiger partial charge in [0.25, 0.3) is 0 Å². The Balaban J connectivity index is 1.67. The first-order chi connectivity index (χ1) is 16.6. The van der Waals surface area contributed by atoms with E-state index >= 15 is 0 Å². The SMILES string of the molecule is CC(C)[C@H]1CC[C@@H](C)C[C@H]1OP(=O)(O[C@@H]1C[C@@H](C)CC[C@H]1C(C)C)[C@H](O)c1ccc2c(c1)OCO2. The molecule has 1 heterocycles. The summed E-state index contributed by atoms with van der Waals surface area (Å²) in [5.74, 6) is 2.16. The molecule has 2 aliphatic carbocycles. The summed E-state index contributed by atoms with van der Waals surface area (Å²) < 4.78 is 38.8. The third-order valence-corrected chi connectivity index (χ3v) is 10.5. The van der Waals surface area contributed by atoms with Gasteiger partial charge in [0.1, 0.15) is 0 Å². The molecule has 2 saturated carbocycles. The number of aliphatic hydroxyl groups excluding tert-OH is 1. The summed E-state index contributed by atoms with van der Waals surface area (Å²) in [6, 6.07) is 5.20. The van der Waals surface area contributed by atoms with Crippen LogP contribution in [0.15, 0.2) is 18.2 Å². The summed E-state index contributed by atoms with van der Waals surface area (Å²) in [5, 5.41) is 11.6. The summed E-state index contributed by atoms with van der Waals surface area (Å²) in [5.41, 5.74) is 0.479. The predicted octanol–water partition coefficient (Wildman–Crippen LogP) is 7.55. The Kier molecular flexibility index (Phi) is 8.58. The molecule has 0 saturated heterocycles. The van der Waals surface area contributed by atoms with E-state index in [0.29, 0.717) is 52.6 Å². The van der Waals surface area contributed by atoms with E-state index in [9.17, 15) is 9.67 Å². The predicted molar refractivity (Wildman–Crippen MR) is 138 cm³/mol. The zero-order chi connectivity index (χ0) is 25.3. The average Bonchev–Trinajstić information content (AvgIpc) is 3.26. The Morgan fingerprint density at radius 2 is 1.37 bits per heavy atom.